The molecule has 4 heterocycles. The number of nitrogens with zero attached hydrogens (tertiary/aromatic N) is 4. The zero-order chi connectivity index (χ0) is 48.4. The van der Waals surface area contributed by atoms with E-state index >= 15 is 0 Å². The van der Waals surface area contributed by atoms with Gasteiger partial charge in [-0.05, 0) is 111 Å². The first-order valence-electron chi connectivity index (χ1n) is 23.9. The Balaban J connectivity index is 0.000000304. The molecule has 0 aliphatic heterocycles. The van der Waals surface area contributed by atoms with Gasteiger partial charge in [-0.25, -0.2) is 0 Å². The molecule has 7 aromatic carbocycles. The first-order valence-corrected chi connectivity index (χ1v) is 22.4. The number of nitriles is 1. The molecule has 11 rings (SSSR count). The number of para-hydroxylation sites is 2. The molecular weight excluding hydrogens is 1000 g/mol. The van der Waals surface area contributed by atoms with Crippen molar-refractivity contribution in [1.29, 1.82) is 5.26 Å². The quantitative estimate of drug-likeness (QED) is 0.155. The topological polar surface area (TPSA) is 80.8 Å². The number of hydrogen-bond donors (Lipinski definition) is 0. The minimum absolute atomic E-state index is 0. The van der Waals surface area contributed by atoms with E-state index in [1.54, 1.807) is 18.2 Å². The van der Waals surface area contributed by atoms with Gasteiger partial charge in [0.1, 0.15) is 16.7 Å². The third-order valence-corrected chi connectivity index (χ3v) is 12.4. The van der Waals surface area contributed by atoms with Gasteiger partial charge in [0.2, 0.25) is 0 Å². The summed E-state index contributed by atoms with van der Waals surface area (Å²) in [4.78, 5) is 9.65. The summed E-state index contributed by atoms with van der Waals surface area (Å²) in [5.74, 6) is 0.936. The Labute approximate surface area is 409 Å². The SMILES string of the molecule is CC(C)(C)c1ccnc(-c2[c-]cccc2)c1.[2H]C([2H])([2H])c1c[c-]c(-c2nc3ccccc3n2-c2c(C(C)C)cc(-c3ccccc3)cc2C(C)C)c2oc3c(ccc4oc5cc(C#N)ccc5c43)c12.[Ir]. The first kappa shape index (κ1) is 41.3. The average molecular weight is 1050 g/mol. The van der Waals surface area contributed by atoms with Crippen LogP contribution in [0.5, 0.6) is 0 Å². The van der Waals surface area contributed by atoms with Crippen LogP contribution in [0.1, 0.15) is 92.2 Å². The van der Waals surface area contributed by atoms with E-state index in [4.69, 9.17) is 17.9 Å². The summed E-state index contributed by atoms with van der Waals surface area (Å²) in [7, 11) is 0. The van der Waals surface area contributed by atoms with Crippen molar-refractivity contribution in [2.75, 3.05) is 0 Å². The largest absolute Gasteiger partial charge is 0.500 e. The van der Waals surface area contributed by atoms with Gasteiger partial charge in [-0.15, -0.1) is 53.6 Å². The summed E-state index contributed by atoms with van der Waals surface area (Å²) >= 11 is 0. The van der Waals surface area contributed by atoms with Gasteiger partial charge in [0.05, 0.1) is 39.5 Å². The van der Waals surface area contributed by atoms with Crippen molar-refractivity contribution in [1.82, 2.24) is 14.5 Å². The molecule has 0 fully saturated rings. The van der Waals surface area contributed by atoms with Gasteiger partial charge in [-0.1, -0.05) is 115 Å². The van der Waals surface area contributed by atoms with Crippen LogP contribution in [0.2, 0.25) is 0 Å². The molecule has 0 bridgehead atoms. The van der Waals surface area contributed by atoms with Crippen molar-refractivity contribution in [2.45, 2.75) is 72.6 Å². The van der Waals surface area contributed by atoms with Crippen molar-refractivity contribution in [3.05, 3.63) is 186 Å². The Morgan fingerprint density at radius 3 is 2.15 bits per heavy atom. The number of furan rings is 2. The predicted octanol–water partition coefficient (Wildman–Crippen LogP) is 16.2. The van der Waals surface area contributed by atoms with Crippen LogP contribution >= 0.6 is 0 Å². The smallest absolute Gasteiger partial charge is 0.139 e. The van der Waals surface area contributed by atoms with E-state index < -0.39 is 6.85 Å². The molecule has 7 heteroatoms. The van der Waals surface area contributed by atoms with Crippen LogP contribution in [-0.4, -0.2) is 14.5 Å². The summed E-state index contributed by atoms with van der Waals surface area (Å²) in [6.45, 7) is 13.0. The van der Waals surface area contributed by atoms with Crippen LogP contribution in [0.15, 0.2) is 155 Å². The molecule has 0 saturated carbocycles. The second-order valence-corrected chi connectivity index (χ2v) is 18.5. The number of imidazole rings is 1. The van der Waals surface area contributed by atoms with Crippen molar-refractivity contribution in [2.24, 2.45) is 0 Å². The number of hydrogen-bond acceptors (Lipinski definition) is 5. The van der Waals surface area contributed by atoms with Gasteiger partial charge in [0, 0.05) is 46.9 Å². The fraction of sp³-hybridized carbons (Fsp3) is 0.183. The van der Waals surface area contributed by atoms with Gasteiger partial charge in [-0.2, -0.15) is 5.26 Å². The second kappa shape index (κ2) is 17.9. The summed E-state index contributed by atoms with van der Waals surface area (Å²) in [5, 5.41) is 12.2. The summed E-state index contributed by atoms with van der Waals surface area (Å²) in [5.41, 5.74) is 14.1. The number of fused-ring (bicyclic) bond motifs is 8. The Kier molecular flexibility index (Phi) is 11.1. The average Bonchev–Trinajstić information content (AvgIpc) is 4.05. The Morgan fingerprint density at radius 2 is 1.45 bits per heavy atom. The molecule has 6 nitrogen and oxygen atoms in total. The molecule has 0 spiro atoms. The van der Waals surface area contributed by atoms with E-state index in [0.29, 0.717) is 50.1 Å². The molecule has 333 valence electrons. The molecule has 0 saturated heterocycles. The predicted molar refractivity (Wildman–Crippen MR) is 270 cm³/mol. The minimum atomic E-state index is -2.44. The number of benzene rings is 7. The van der Waals surface area contributed by atoms with Crippen LogP contribution in [0, 0.1) is 30.3 Å². The van der Waals surface area contributed by atoms with Crippen LogP contribution in [0.3, 0.4) is 0 Å². The molecule has 11 aromatic rings. The van der Waals surface area contributed by atoms with Crippen molar-refractivity contribution in [3.8, 4) is 45.5 Å². The monoisotopic (exact) mass is 1050 g/mol. The molecule has 0 amide bonds. The zero-order valence-corrected chi connectivity index (χ0v) is 40.8. The fourth-order valence-electron chi connectivity index (χ4n) is 9.01. The minimum Gasteiger partial charge on any atom is -0.500 e. The Bertz CT molecular complexity index is 3750. The van der Waals surface area contributed by atoms with Gasteiger partial charge in [-0.3, -0.25) is 4.98 Å². The maximum Gasteiger partial charge on any atom is 0.139 e. The van der Waals surface area contributed by atoms with Gasteiger partial charge >= 0.3 is 0 Å². The van der Waals surface area contributed by atoms with Crippen molar-refractivity contribution in [3.63, 3.8) is 0 Å². The molecule has 0 aliphatic rings. The molecule has 0 N–H and O–H groups in total. The molecule has 67 heavy (non-hydrogen) atoms. The van der Waals surface area contributed by atoms with Crippen molar-refractivity contribution < 1.29 is 33.1 Å². The third kappa shape index (κ3) is 8.16. The maximum absolute atomic E-state index is 9.53. The number of aryl methyl sites for hydroxylation is 1. The molecule has 0 unspecified atom stereocenters. The van der Waals surface area contributed by atoms with E-state index in [1.165, 1.54) is 16.7 Å². The van der Waals surface area contributed by atoms with Crippen LogP contribution in [0.25, 0.3) is 94.4 Å². The molecule has 0 atom stereocenters. The maximum atomic E-state index is 9.53. The van der Waals surface area contributed by atoms with E-state index in [0.717, 1.165) is 49.9 Å². The van der Waals surface area contributed by atoms with Crippen LogP contribution < -0.4 is 0 Å². The normalized spacial score (nSPS) is 12.6. The third-order valence-electron chi connectivity index (χ3n) is 12.4. The van der Waals surface area contributed by atoms with Gasteiger partial charge in [0.25, 0.3) is 0 Å². The van der Waals surface area contributed by atoms with Crippen molar-refractivity contribution >= 4 is 54.9 Å². The second-order valence-electron chi connectivity index (χ2n) is 18.5. The van der Waals surface area contributed by atoms with E-state index in [9.17, 15) is 5.26 Å². The first-order chi connectivity index (χ1) is 33.1. The number of rotatable bonds is 6. The van der Waals surface area contributed by atoms with Gasteiger partial charge in [0.15, 0.2) is 0 Å². The summed E-state index contributed by atoms with van der Waals surface area (Å²) in [6.07, 6.45) is 1.87. The van der Waals surface area contributed by atoms with E-state index in [2.05, 4.69) is 131 Å². The Hall–Kier alpha value is -7.10. The fourth-order valence-corrected chi connectivity index (χ4v) is 9.01. The standard InChI is InChI=1S/C45H34N3O2.C15H16N.Ir/c1-25(2)34-22-30(29-11-7-6-8-12-29)23-35(26(3)4)42(34)48-37-14-10-9-13-36(37)47-45(48)33-17-15-27(5)40-32-19-20-38-41(43(32)50-44(33)40)31-18-16-28(24-46)21-39(31)49-38;1-15(2,3)13-9-10-16-14(11-13)12-7-5-4-6-8-12;/h6-16,18-23,25-26H,1-5H3;4-7,9-11H,1-3H3;/q2*-1;/i5D3;;. The van der Waals surface area contributed by atoms with Gasteiger partial charge < -0.3 is 18.4 Å². The Morgan fingerprint density at radius 1 is 0.716 bits per heavy atom. The summed E-state index contributed by atoms with van der Waals surface area (Å²) < 4.78 is 41.0. The molecule has 0 aliphatic carbocycles. The number of aromatic nitrogens is 3. The van der Waals surface area contributed by atoms with E-state index in [-0.39, 0.29) is 42.9 Å². The van der Waals surface area contributed by atoms with Crippen LogP contribution in [0.4, 0.5) is 0 Å². The van der Waals surface area contributed by atoms with E-state index in [1.807, 2.05) is 72.9 Å². The van der Waals surface area contributed by atoms with Crippen LogP contribution in [-0.2, 0) is 25.5 Å². The number of pyridine rings is 1. The molecule has 4 aromatic heterocycles. The molecule has 1 radical (unpaired) electrons. The summed E-state index contributed by atoms with van der Waals surface area (Å²) in [6, 6.07) is 54.6. The zero-order valence-electron chi connectivity index (χ0n) is 41.4. The molecular formula is C60H50IrN4O2-2.